The van der Waals surface area contributed by atoms with Gasteiger partial charge < -0.3 is 72.5 Å². The zero-order valence-electron chi connectivity index (χ0n) is 47.2. The summed E-state index contributed by atoms with van der Waals surface area (Å²) in [7, 11) is 0. The fourth-order valence-corrected chi connectivity index (χ4v) is 11.8. The van der Waals surface area contributed by atoms with Crippen LogP contribution < -0.4 is 47.7 Å². The number of hydrogen-bond acceptors (Lipinski definition) is 17. The van der Waals surface area contributed by atoms with Crippen LogP contribution in [-0.4, -0.2) is 190 Å². The number of nitrogens with zero attached hydrogens (tertiary/aromatic N) is 3. The lowest BCUT2D eigenvalue weighted by molar-refractivity contribution is -0.144. The van der Waals surface area contributed by atoms with Gasteiger partial charge in [0.1, 0.15) is 72.9 Å². The molecule has 0 saturated carbocycles. The molecule has 1 aromatic rings. The number of amides is 10. The highest BCUT2D eigenvalue weighted by molar-refractivity contribution is 7.98. The highest BCUT2D eigenvalue weighted by Gasteiger charge is 2.43. The van der Waals surface area contributed by atoms with Gasteiger partial charge in [0.05, 0.1) is 13.0 Å². The topological polar surface area (TPSA) is 376 Å². The molecule has 11 N–H and O–H groups in total. The van der Waals surface area contributed by atoms with Gasteiger partial charge in [-0.05, 0) is 106 Å². The van der Waals surface area contributed by atoms with Crippen LogP contribution in [0, 0.1) is 11.8 Å². The molecule has 0 spiro atoms. The number of benzene rings is 1. The van der Waals surface area contributed by atoms with Gasteiger partial charge >= 0.3 is 5.97 Å². The molecule has 2 fully saturated rings. The monoisotopic (exact) mass is 1190 g/mol. The van der Waals surface area contributed by atoms with E-state index in [0.717, 1.165) is 30.2 Å². The smallest absolute Gasteiger partial charge is 0.305 e. The molecule has 0 aromatic heterocycles. The molecule has 2 saturated heterocycles. The van der Waals surface area contributed by atoms with E-state index in [1.807, 2.05) is 18.2 Å². The lowest BCUT2D eigenvalue weighted by atomic mass is 10.00. The van der Waals surface area contributed by atoms with E-state index in [9.17, 15) is 63.0 Å². The van der Waals surface area contributed by atoms with Gasteiger partial charge in [0.15, 0.2) is 0 Å². The summed E-state index contributed by atoms with van der Waals surface area (Å²) in [4.78, 5) is 159. The Morgan fingerprint density at radius 2 is 1.26 bits per heavy atom. The summed E-state index contributed by atoms with van der Waals surface area (Å²) >= 11 is 2.56. The minimum absolute atomic E-state index is 0.00839. The number of primary amides is 1. The van der Waals surface area contributed by atoms with Crippen LogP contribution in [0.15, 0.2) is 23.4 Å². The number of nitrogens with two attached hydrogens (primary N) is 1. The maximum atomic E-state index is 14.8. The summed E-state index contributed by atoms with van der Waals surface area (Å²) in [6.07, 6.45) is 3.72. The van der Waals surface area contributed by atoms with Crippen LogP contribution in [0.4, 0.5) is 0 Å². The number of fused-ring (bicyclic) bond motifs is 7. The SMILES string of the molecule is CC(C)C[C@H]1NC(=O)[C@@H]2CCCN2C(=O)[C@@H]2CSCc3cc(cc(c3)OCCCCCCO/N=C/C(=O)N[C@@H](C)C(=O)N2)CSCC(C(N)=O)NC(=O)[C@H](CCO)NC(=O)[C@@H]2CCCN2C(=O)[C@H](C(C)C)NC(=O)[C@H](CC(=O)O)NC1=O. The highest BCUT2D eigenvalue weighted by atomic mass is 32.2. The van der Waals surface area contributed by atoms with Crippen molar-refractivity contribution in [2.45, 2.75) is 171 Å². The van der Waals surface area contributed by atoms with E-state index in [0.29, 0.717) is 43.8 Å². The van der Waals surface area contributed by atoms with Crippen LogP contribution in [0.2, 0.25) is 0 Å². The Bertz CT molecular complexity index is 2490. The summed E-state index contributed by atoms with van der Waals surface area (Å²) < 4.78 is 6.23. The lowest BCUT2D eigenvalue weighted by Gasteiger charge is -2.32. The molecule has 4 aliphatic rings. The molecule has 454 valence electrons. The van der Waals surface area contributed by atoms with Gasteiger partial charge in [-0.1, -0.05) is 38.9 Å². The lowest BCUT2D eigenvalue weighted by Crippen LogP contribution is -2.61. The quantitative estimate of drug-likeness (QED) is 0.158. The van der Waals surface area contributed by atoms with Gasteiger partial charge in [-0.15, -0.1) is 0 Å². The minimum atomic E-state index is -1.77. The minimum Gasteiger partial charge on any atom is -0.494 e. The Morgan fingerprint density at radius 1 is 0.683 bits per heavy atom. The van der Waals surface area contributed by atoms with Crippen LogP contribution in [-0.2, 0) is 69.1 Å². The van der Waals surface area contributed by atoms with Crippen molar-refractivity contribution in [1.29, 1.82) is 0 Å². The van der Waals surface area contributed by atoms with Crippen LogP contribution >= 0.6 is 23.5 Å². The van der Waals surface area contributed by atoms with E-state index in [1.165, 1.54) is 40.2 Å². The summed E-state index contributed by atoms with van der Waals surface area (Å²) in [5.74, 6) is -9.15. The molecular formula is C54H81N11O15S2. The van der Waals surface area contributed by atoms with Crippen LogP contribution in [0.25, 0.3) is 0 Å². The summed E-state index contributed by atoms with van der Waals surface area (Å²) in [5.41, 5.74) is 7.34. The third kappa shape index (κ3) is 20.3. The number of ether oxygens (including phenoxy) is 1. The number of rotatable bonds is 8. The Balaban J connectivity index is 1.54. The molecule has 9 atom stereocenters. The Hall–Kier alpha value is -6.68. The predicted molar refractivity (Wildman–Crippen MR) is 303 cm³/mol. The molecule has 4 heterocycles. The van der Waals surface area contributed by atoms with Crippen molar-refractivity contribution in [3.8, 4) is 5.75 Å². The average Bonchev–Trinajstić information content (AvgIpc) is 4.34. The third-order valence-electron chi connectivity index (χ3n) is 14.1. The van der Waals surface area contributed by atoms with Gasteiger partial charge in [0, 0.05) is 42.7 Å². The number of carbonyl (C=O) groups is 11. The first kappa shape index (κ1) is 66.1. The molecule has 4 aliphatic heterocycles. The Morgan fingerprint density at radius 3 is 1.85 bits per heavy atom. The number of aliphatic hydroxyl groups is 1. The Labute approximate surface area is 485 Å². The second-order valence-electron chi connectivity index (χ2n) is 21.6. The van der Waals surface area contributed by atoms with Crippen molar-refractivity contribution < 1.29 is 72.5 Å². The van der Waals surface area contributed by atoms with Gasteiger partial charge in [0.25, 0.3) is 5.91 Å². The second-order valence-corrected chi connectivity index (χ2v) is 23.7. The van der Waals surface area contributed by atoms with Crippen molar-refractivity contribution in [3.63, 3.8) is 0 Å². The molecule has 1 unspecified atom stereocenters. The molecule has 5 rings (SSSR count). The molecule has 28 heteroatoms. The fraction of sp³-hybridized carbons (Fsp3) is 0.667. The van der Waals surface area contributed by atoms with Crippen LogP contribution in [0.3, 0.4) is 0 Å². The first-order chi connectivity index (χ1) is 39.1. The van der Waals surface area contributed by atoms with Crippen molar-refractivity contribution >= 4 is 94.8 Å². The molecule has 82 heavy (non-hydrogen) atoms. The standard InChI is InChI=1S/C54H81N11O15S2/c1-30(2)20-37-49(73)59-38(24-44(68)69)50(74)63-45(31(3)4)54(78)65-16-11-13-42(65)51(75)58-36(14-17-66)48(72)61-39(46(55)70)28-81-26-33-21-34-23-35(22-33)79-18-8-6-7-9-19-80-56-25-43(67)57-32(5)47(71)62-40(29-82-27-34)53(77)64-15-10-12-41(64)52(76)60-37/h21-23,25,30-32,36-42,45,66H,6-20,24,26-29H2,1-5H3,(H2,55,70)(H,57,67)(H,58,75)(H,59,73)(H,60,76)(H,61,72)(H,62,71)(H,63,74)(H,68,69)/b56-25+/t32-,36-,37+,38-,39?,40-,41-,42-,45-/m0/s1. The first-order valence-electron chi connectivity index (χ1n) is 28.0. The number of carboxylic acid groups (broad SMARTS) is 1. The number of thioether (sulfide) groups is 2. The van der Waals surface area contributed by atoms with E-state index >= 15 is 0 Å². The summed E-state index contributed by atoms with van der Waals surface area (Å²) in [6, 6.07) is -6.16. The molecule has 4 bridgehead atoms. The largest absolute Gasteiger partial charge is 0.494 e. The number of carboxylic acids is 1. The summed E-state index contributed by atoms with van der Waals surface area (Å²) in [5, 5.41) is 42.0. The molecular weight excluding hydrogens is 1110 g/mol. The maximum absolute atomic E-state index is 14.8. The van der Waals surface area contributed by atoms with Gasteiger partial charge in [-0.3, -0.25) is 52.7 Å². The fourth-order valence-electron chi connectivity index (χ4n) is 9.82. The number of nitrogens with one attached hydrogen (secondary N) is 7. The number of hydrogen-bond donors (Lipinski definition) is 10. The Kier molecular flexibility index (Phi) is 26.5. The third-order valence-corrected chi connectivity index (χ3v) is 16.3. The van der Waals surface area contributed by atoms with E-state index in [-0.39, 0.29) is 68.6 Å². The molecule has 26 nitrogen and oxygen atoms in total. The van der Waals surface area contributed by atoms with E-state index < -0.39 is 138 Å². The predicted octanol–water partition coefficient (Wildman–Crippen LogP) is -0.438. The highest BCUT2D eigenvalue weighted by Crippen LogP contribution is 2.27. The van der Waals surface area contributed by atoms with Crippen LogP contribution in [0.5, 0.6) is 5.75 Å². The zero-order chi connectivity index (χ0) is 60.0. The second kappa shape index (κ2) is 32.8. The van der Waals surface area contributed by atoms with Crippen molar-refractivity contribution in [2.24, 2.45) is 22.7 Å². The zero-order valence-corrected chi connectivity index (χ0v) is 48.9. The van der Waals surface area contributed by atoms with Crippen molar-refractivity contribution in [3.05, 3.63) is 29.3 Å². The molecule has 0 radical (unpaired) electrons. The number of carbonyl (C=O) groups excluding carboxylic acids is 10. The van der Waals surface area contributed by atoms with Crippen molar-refractivity contribution in [2.75, 3.05) is 44.4 Å². The maximum Gasteiger partial charge on any atom is 0.305 e. The summed E-state index contributed by atoms with van der Waals surface area (Å²) in [6.45, 7) is 8.43. The van der Waals surface area contributed by atoms with E-state index in [2.05, 4.69) is 42.4 Å². The average molecular weight is 1190 g/mol. The van der Waals surface area contributed by atoms with Gasteiger partial charge in [-0.25, -0.2) is 0 Å². The van der Waals surface area contributed by atoms with Gasteiger partial charge in [-0.2, -0.15) is 23.5 Å². The molecule has 0 aliphatic carbocycles. The normalized spacial score (nSPS) is 27.7. The molecule has 10 amide bonds. The molecule has 1 aromatic carbocycles. The number of aliphatic carboxylic acids is 1. The van der Waals surface area contributed by atoms with E-state index in [1.54, 1.807) is 27.7 Å². The van der Waals surface area contributed by atoms with E-state index in [4.69, 9.17) is 15.3 Å². The number of aliphatic hydroxyl groups excluding tert-OH is 1. The van der Waals surface area contributed by atoms with Crippen molar-refractivity contribution in [1.82, 2.24) is 47.0 Å². The number of oxime groups is 1. The van der Waals surface area contributed by atoms with Gasteiger partial charge in [0.2, 0.25) is 53.2 Å². The first-order valence-corrected chi connectivity index (χ1v) is 30.3. The van der Waals surface area contributed by atoms with Crippen LogP contribution in [0.1, 0.15) is 116 Å².